The molecule has 0 aliphatic carbocycles. The van der Waals surface area contributed by atoms with E-state index in [-0.39, 0.29) is 32.2 Å². The molecule has 0 spiro atoms. The van der Waals surface area contributed by atoms with E-state index in [1.54, 1.807) is 0 Å². The summed E-state index contributed by atoms with van der Waals surface area (Å²) in [6.45, 7) is 5.06. The number of carbonyl (C=O) groups is 1. The van der Waals surface area contributed by atoms with Crippen LogP contribution in [0.4, 0.5) is 0 Å². The molecule has 0 saturated carbocycles. The number of rotatable bonds is 46. The summed E-state index contributed by atoms with van der Waals surface area (Å²) in [5.74, 6) is -0.364. The van der Waals surface area contributed by atoms with Crippen molar-refractivity contribution >= 4 is 13.8 Å². The molecule has 0 amide bonds. The van der Waals surface area contributed by atoms with Crippen LogP contribution in [0.5, 0.6) is 0 Å². The first-order valence-electron chi connectivity index (χ1n) is 25.9. The van der Waals surface area contributed by atoms with Gasteiger partial charge in [-0.05, 0) is 109 Å². The largest absolute Gasteiger partial charge is 0.756 e. The van der Waals surface area contributed by atoms with Crippen molar-refractivity contribution in [3.05, 3.63) is 134 Å². The van der Waals surface area contributed by atoms with E-state index in [1.807, 2.05) is 21.1 Å². The van der Waals surface area contributed by atoms with Crippen molar-refractivity contribution in [3.63, 3.8) is 0 Å². The normalized spacial score (nSPS) is 14.7. The second kappa shape index (κ2) is 49.1. The highest BCUT2D eigenvalue weighted by Crippen LogP contribution is 2.38. The third kappa shape index (κ3) is 53.5. The Morgan fingerprint density at radius 1 is 0.463 bits per heavy atom. The Morgan fingerprint density at radius 2 is 0.821 bits per heavy atom. The molecule has 0 aromatic rings. The average Bonchev–Trinajstić information content (AvgIpc) is 3.29. The Kier molecular flexibility index (Phi) is 46.6. The van der Waals surface area contributed by atoms with Crippen molar-refractivity contribution in [2.45, 2.75) is 174 Å². The number of hydrogen-bond acceptors (Lipinski definition) is 7. The fraction of sp³-hybridized carbons (Fsp3) is 0.603. The van der Waals surface area contributed by atoms with Crippen molar-refractivity contribution < 1.29 is 37.3 Å². The van der Waals surface area contributed by atoms with Gasteiger partial charge in [0.2, 0.25) is 0 Å². The minimum atomic E-state index is -4.56. The molecule has 9 heteroatoms. The zero-order valence-electron chi connectivity index (χ0n) is 43.0. The molecule has 67 heavy (non-hydrogen) atoms. The van der Waals surface area contributed by atoms with Crippen LogP contribution in [0.3, 0.4) is 0 Å². The fourth-order valence-corrected chi connectivity index (χ4v) is 7.01. The van der Waals surface area contributed by atoms with Gasteiger partial charge in [-0.2, -0.15) is 0 Å². The van der Waals surface area contributed by atoms with Crippen molar-refractivity contribution in [1.29, 1.82) is 0 Å². The lowest BCUT2D eigenvalue weighted by Gasteiger charge is -2.28. The number of allylic oxidation sites excluding steroid dienone is 22. The molecule has 0 N–H and O–H groups in total. The van der Waals surface area contributed by atoms with Gasteiger partial charge in [0, 0.05) is 13.0 Å². The summed E-state index contributed by atoms with van der Waals surface area (Å²) in [5.41, 5.74) is 0. The highest BCUT2D eigenvalue weighted by molar-refractivity contribution is 7.45. The summed E-state index contributed by atoms with van der Waals surface area (Å²) in [7, 11) is 1.30. The molecule has 0 rings (SSSR count). The number of unbranched alkanes of at least 4 members (excludes halogenated alkanes) is 10. The Balaban J connectivity index is 4.28. The Bertz CT molecular complexity index is 1520. The van der Waals surface area contributed by atoms with E-state index >= 15 is 0 Å². The van der Waals surface area contributed by atoms with Crippen molar-refractivity contribution in [1.82, 2.24) is 0 Å². The van der Waals surface area contributed by atoms with Gasteiger partial charge in [0.05, 0.1) is 34.4 Å². The summed E-state index contributed by atoms with van der Waals surface area (Å²) >= 11 is 0. The van der Waals surface area contributed by atoms with Crippen LogP contribution in [0, 0.1) is 0 Å². The number of likely N-dealkylation sites (N-methyl/N-ethyl adjacent to an activating group) is 1. The molecular formula is C58H96NO7P. The number of phosphoric acid groups is 1. The second-order valence-electron chi connectivity index (χ2n) is 17.8. The molecule has 0 aliphatic heterocycles. The number of ether oxygens (including phenoxy) is 2. The number of quaternary nitrogens is 1. The standard InChI is InChI=1S/C58H96NO7P/c1-6-8-10-12-14-16-18-20-22-24-26-28-29-30-31-32-33-35-37-39-41-43-45-47-49-51-58(60)66-57(56-65-67(61,62)64-54-52-59(3,4)5)55-63-53-50-48-46-44-42-40-38-36-34-27-25-23-21-19-17-15-13-11-9-7-2/h8-11,14-17,20-23,26-28,30-31,33-35,38,40,57H,6-7,12-13,18-19,24-25,29,32,36-37,39,41-56H2,1-5H3/b10-8-,11-9-,16-14-,17-15-,22-20-,23-21-,28-26-,31-30-,34-27-,35-33-,40-38-. The van der Waals surface area contributed by atoms with Gasteiger partial charge in [0.25, 0.3) is 7.82 Å². The van der Waals surface area contributed by atoms with Crippen LogP contribution in [0.15, 0.2) is 134 Å². The van der Waals surface area contributed by atoms with Crippen LogP contribution in [0.2, 0.25) is 0 Å². The first-order chi connectivity index (χ1) is 32.6. The third-order valence-electron chi connectivity index (χ3n) is 10.2. The van der Waals surface area contributed by atoms with E-state index in [0.29, 0.717) is 17.6 Å². The van der Waals surface area contributed by atoms with Gasteiger partial charge in [-0.3, -0.25) is 9.36 Å². The molecule has 0 aromatic heterocycles. The summed E-state index contributed by atoms with van der Waals surface area (Å²) in [5, 5.41) is 0. The minimum Gasteiger partial charge on any atom is -0.756 e. The zero-order valence-corrected chi connectivity index (χ0v) is 43.9. The first kappa shape index (κ1) is 63.6. The maximum absolute atomic E-state index is 12.8. The van der Waals surface area contributed by atoms with E-state index in [1.165, 1.54) is 12.8 Å². The van der Waals surface area contributed by atoms with Crippen LogP contribution in [-0.4, -0.2) is 70.7 Å². The molecule has 0 heterocycles. The van der Waals surface area contributed by atoms with E-state index in [0.717, 1.165) is 135 Å². The van der Waals surface area contributed by atoms with Gasteiger partial charge in [-0.15, -0.1) is 0 Å². The lowest BCUT2D eigenvalue weighted by atomic mass is 10.1. The molecule has 8 nitrogen and oxygen atoms in total. The zero-order chi connectivity index (χ0) is 49.0. The molecule has 2 atom stereocenters. The van der Waals surface area contributed by atoms with Gasteiger partial charge < -0.3 is 27.9 Å². The summed E-state index contributed by atoms with van der Waals surface area (Å²) < 4.78 is 34.7. The SMILES string of the molecule is CC/C=C\C/C=C\C/C=C\C/C=C\C/C=C\C/C=C\CCCCCCCCC(=O)OC(COCCCCCC/C=C\C/C=C\C/C=C\C/C=C\C/C=C\CC)COP(=O)([O-])OCC[N+](C)(C)C. The lowest BCUT2D eigenvalue weighted by molar-refractivity contribution is -0.870. The predicted octanol–water partition coefficient (Wildman–Crippen LogP) is 15.6. The number of esters is 1. The molecule has 0 aromatic carbocycles. The topological polar surface area (TPSA) is 94.1 Å². The van der Waals surface area contributed by atoms with Gasteiger partial charge in [-0.25, -0.2) is 0 Å². The monoisotopic (exact) mass is 950 g/mol. The molecule has 0 aliphatic rings. The van der Waals surface area contributed by atoms with Crippen LogP contribution in [0.25, 0.3) is 0 Å². The fourth-order valence-electron chi connectivity index (χ4n) is 6.28. The minimum absolute atomic E-state index is 0.00875. The highest BCUT2D eigenvalue weighted by Gasteiger charge is 2.20. The molecule has 0 saturated heterocycles. The van der Waals surface area contributed by atoms with Gasteiger partial charge in [0.15, 0.2) is 0 Å². The first-order valence-corrected chi connectivity index (χ1v) is 27.4. The quantitative estimate of drug-likeness (QED) is 0.0197. The third-order valence-corrected chi connectivity index (χ3v) is 11.2. The highest BCUT2D eigenvalue weighted by atomic mass is 31.2. The smallest absolute Gasteiger partial charge is 0.306 e. The Morgan fingerprint density at radius 3 is 1.22 bits per heavy atom. The van der Waals surface area contributed by atoms with Crippen LogP contribution in [0.1, 0.15) is 168 Å². The molecular weight excluding hydrogens is 854 g/mol. The number of phosphoric ester groups is 1. The van der Waals surface area contributed by atoms with Crippen LogP contribution in [-0.2, 0) is 27.9 Å². The van der Waals surface area contributed by atoms with Crippen LogP contribution >= 0.6 is 7.82 Å². The summed E-state index contributed by atoms with van der Waals surface area (Å²) in [4.78, 5) is 25.2. The van der Waals surface area contributed by atoms with Gasteiger partial charge in [0.1, 0.15) is 19.3 Å². The number of carbonyl (C=O) groups excluding carboxylic acids is 1. The molecule has 0 radical (unpaired) electrons. The van der Waals surface area contributed by atoms with Crippen molar-refractivity contribution in [2.24, 2.45) is 0 Å². The second-order valence-corrected chi connectivity index (χ2v) is 19.2. The molecule has 380 valence electrons. The van der Waals surface area contributed by atoms with Gasteiger partial charge in [-0.1, -0.05) is 186 Å². The summed E-state index contributed by atoms with van der Waals surface area (Å²) in [6.07, 6.45) is 71.9. The predicted molar refractivity (Wildman–Crippen MR) is 286 cm³/mol. The number of hydrogen-bond donors (Lipinski definition) is 0. The molecule has 2 unspecified atom stereocenters. The van der Waals surface area contributed by atoms with Crippen LogP contribution < -0.4 is 4.89 Å². The Hall–Kier alpha value is -3.36. The molecule has 0 fully saturated rings. The average molecular weight is 950 g/mol. The lowest BCUT2D eigenvalue weighted by Crippen LogP contribution is -2.37. The van der Waals surface area contributed by atoms with E-state index in [4.69, 9.17) is 18.5 Å². The van der Waals surface area contributed by atoms with Gasteiger partial charge >= 0.3 is 5.97 Å². The van der Waals surface area contributed by atoms with E-state index in [9.17, 15) is 14.3 Å². The van der Waals surface area contributed by atoms with Crippen molar-refractivity contribution in [3.8, 4) is 0 Å². The van der Waals surface area contributed by atoms with E-state index < -0.39 is 13.9 Å². The Labute approximate surface area is 411 Å². The maximum atomic E-state index is 12.8. The summed E-state index contributed by atoms with van der Waals surface area (Å²) in [6, 6.07) is 0. The van der Waals surface area contributed by atoms with Crippen molar-refractivity contribution in [2.75, 3.05) is 54.1 Å². The molecule has 0 bridgehead atoms. The maximum Gasteiger partial charge on any atom is 0.306 e. The number of nitrogens with zero attached hydrogens (tertiary/aromatic N) is 1. The van der Waals surface area contributed by atoms with E-state index in [2.05, 4.69) is 148 Å².